The molecule has 4 heteroatoms. The molecule has 0 unspecified atom stereocenters. The highest BCUT2D eigenvalue weighted by molar-refractivity contribution is 6.48. The molecule has 3 nitrogen and oxygen atoms in total. The smallest absolute Gasteiger partial charge is 0.204 e. The van der Waals surface area contributed by atoms with Crippen molar-refractivity contribution in [3.63, 3.8) is 0 Å². The van der Waals surface area contributed by atoms with Crippen molar-refractivity contribution < 1.29 is 14.0 Å². The van der Waals surface area contributed by atoms with Gasteiger partial charge in [0.1, 0.15) is 11.6 Å². The quantitative estimate of drug-likeness (QED) is 0.398. The highest BCUT2D eigenvalue weighted by Gasteiger charge is 2.62. The Balaban J connectivity index is 1.75. The van der Waals surface area contributed by atoms with E-state index in [-0.39, 0.29) is 16.2 Å². The second kappa shape index (κ2) is 7.69. The van der Waals surface area contributed by atoms with E-state index in [1.807, 2.05) is 0 Å². The van der Waals surface area contributed by atoms with Crippen LogP contribution in [0, 0.1) is 34.0 Å². The van der Waals surface area contributed by atoms with Gasteiger partial charge in [-0.3, -0.25) is 9.59 Å². The summed E-state index contributed by atoms with van der Waals surface area (Å²) in [5, 5.41) is 0. The van der Waals surface area contributed by atoms with Gasteiger partial charge in [0.25, 0.3) is 0 Å². The Bertz CT molecular complexity index is 761. The maximum absolute atomic E-state index is 13.2. The van der Waals surface area contributed by atoms with Crippen molar-refractivity contribution >= 4 is 20.6 Å². The molecule has 4 rings (SSSR count). The molecule has 0 aliphatic heterocycles. The van der Waals surface area contributed by atoms with E-state index in [4.69, 9.17) is 4.43 Å². The third-order valence-corrected chi connectivity index (χ3v) is 9.66. The third-order valence-electron chi connectivity index (χ3n) is 8.94. The molecular formula is C26H41O3Si. The number of hydrogen-bond acceptors (Lipinski definition) is 3. The highest BCUT2D eigenvalue weighted by atomic mass is 28.3. The fourth-order valence-corrected chi connectivity index (χ4v) is 8.63. The van der Waals surface area contributed by atoms with Gasteiger partial charge in [-0.2, -0.15) is 0 Å². The number of Topliss-reactive ketones (excluding diaryl/α,β-unsaturated/α-hetero) is 2. The van der Waals surface area contributed by atoms with Gasteiger partial charge >= 0.3 is 0 Å². The van der Waals surface area contributed by atoms with Crippen molar-refractivity contribution in [3.8, 4) is 0 Å². The lowest BCUT2D eigenvalue weighted by Crippen LogP contribution is -2.55. The van der Waals surface area contributed by atoms with Crippen LogP contribution in [-0.4, -0.2) is 27.2 Å². The first-order valence-corrected chi connectivity index (χ1v) is 14.6. The van der Waals surface area contributed by atoms with E-state index in [0.717, 1.165) is 44.9 Å². The molecule has 3 saturated carbocycles. The summed E-state index contributed by atoms with van der Waals surface area (Å²) in [5.74, 6) is 2.59. The first-order valence-electron chi connectivity index (χ1n) is 12.2. The lowest BCUT2D eigenvalue weighted by Gasteiger charge is -2.60. The number of carbonyl (C=O) groups excluding carboxylic acids is 2. The summed E-state index contributed by atoms with van der Waals surface area (Å²) in [5.41, 5.74) is 3.14. The minimum Gasteiger partial charge on any atom is -0.416 e. The molecule has 1 radical (unpaired) electrons. The Morgan fingerprint density at radius 1 is 1.03 bits per heavy atom. The third kappa shape index (κ3) is 3.60. The normalized spacial score (nSPS) is 39.2. The molecule has 0 saturated heterocycles. The number of rotatable bonds is 4. The van der Waals surface area contributed by atoms with Crippen LogP contribution in [0.4, 0.5) is 0 Å². The molecule has 0 amide bonds. The van der Waals surface area contributed by atoms with Crippen molar-refractivity contribution in [3.05, 3.63) is 11.1 Å². The Morgan fingerprint density at radius 2 is 1.73 bits per heavy atom. The van der Waals surface area contributed by atoms with Gasteiger partial charge in [0.15, 0.2) is 0 Å². The number of fused-ring (bicyclic) bond motifs is 5. The fourth-order valence-electron chi connectivity index (χ4n) is 8.09. The number of allylic oxidation sites excluding steroid dienone is 2. The van der Waals surface area contributed by atoms with Crippen LogP contribution in [0.5, 0.6) is 0 Å². The number of ketones is 2. The molecule has 5 atom stereocenters. The van der Waals surface area contributed by atoms with Crippen LogP contribution in [0.15, 0.2) is 11.1 Å². The van der Waals surface area contributed by atoms with Crippen molar-refractivity contribution in [2.24, 2.45) is 34.0 Å². The van der Waals surface area contributed by atoms with Crippen LogP contribution in [0.2, 0.25) is 13.1 Å². The van der Waals surface area contributed by atoms with E-state index in [1.165, 1.54) is 17.6 Å². The van der Waals surface area contributed by atoms with E-state index in [2.05, 4.69) is 40.8 Å². The molecule has 0 aromatic heterocycles. The molecule has 0 aromatic rings. The summed E-state index contributed by atoms with van der Waals surface area (Å²) < 4.78 is 6.21. The van der Waals surface area contributed by atoms with Gasteiger partial charge in [0.05, 0.1) is 5.41 Å². The second-order valence-corrected chi connectivity index (χ2v) is 14.4. The average molecular weight is 430 g/mol. The standard InChI is InChI=1S/C26H41O3Si/c1-17-13-19-20-7-8-23(28)26(20,16-29-30(5)6)12-10-21(19)25(15-24(2,3)4)11-9-18(27)14-22(17)25/h19-21H,7-16H2,1-6H3/t19-,20-,21-,25-,26+/m0/s1. The molecule has 0 bridgehead atoms. The summed E-state index contributed by atoms with van der Waals surface area (Å²) in [7, 11) is -0.798. The molecule has 4 aliphatic rings. The lowest BCUT2D eigenvalue weighted by atomic mass is 9.44. The van der Waals surface area contributed by atoms with Crippen molar-refractivity contribution in [1.82, 2.24) is 0 Å². The molecule has 0 spiro atoms. The van der Waals surface area contributed by atoms with Gasteiger partial charge in [0, 0.05) is 25.9 Å². The van der Waals surface area contributed by atoms with Crippen LogP contribution in [0.25, 0.3) is 0 Å². The predicted octanol–water partition coefficient (Wildman–Crippen LogP) is 6.14. The zero-order valence-corrected chi connectivity index (χ0v) is 21.0. The van der Waals surface area contributed by atoms with Gasteiger partial charge < -0.3 is 4.43 Å². The summed E-state index contributed by atoms with van der Waals surface area (Å²) in [6, 6.07) is 0. The zero-order chi connectivity index (χ0) is 21.9. The monoisotopic (exact) mass is 429 g/mol. The summed E-state index contributed by atoms with van der Waals surface area (Å²) in [6.45, 7) is 14.4. The Hall–Kier alpha value is -0.743. The molecule has 3 fully saturated rings. The van der Waals surface area contributed by atoms with E-state index < -0.39 is 9.04 Å². The SMILES string of the molecule is CC1=C2CC(=O)CC[C@]2(CC(C)(C)C)[C@H]2CC[C@]3(CO[Si](C)C)C(=O)CC[C@H]3[C@@H]2C1. The second-order valence-electron chi connectivity index (χ2n) is 12.3. The van der Waals surface area contributed by atoms with E-state index in [1.54, 1.807) is 0 Å². The largest absolute Gasteiger partial charge is 0.416 e. The minimum absolute atomic E-state index is 0.169. The van der Waals surface area contributed by atoms with Crippen molar-refractivity contribution in [2.45, 2.75) is 98.6 Å². The van der Waals surface area contributed by atoms with Crippen LogP contribution < -0.4 is 0 Å². The molecular weight excluding hydrogens is 388 g/mol. The minimum atomic E-state index is -0.798. The Labute approximate surface area is 185 Å². The van der Waals surface area contributed by atoms with Gasteiger partial charge in [0.2, 0.25) is 9.04 Å². The van der Waals surface area contributed by atoms with Crippen LogP contribution >= 0.6 is 0 Å². The van der Waals surface area contributed by atoms with Crippen molar-refractivity contribution in [1.29, 1.82) is 0 Å². The molecule has 0 heterocycles. The zero-order valence-electron chi connectivity index (χ0n) is 20.0. The van der Waals surface area contributed by atoms with Crippen LogP contribution in [0.3, 0.4) is 0 Å². The average Bonchev–Trinajstić information content (AvgIpc) is 2.97. The van der Waals surface area contributed by atoms with Crippen LogP contribution in [0.1, 0.15) is 85.5 Å². The summed E-state index contributed by atoms with van der Waals surface area (Å²) in [4.78, 5) is 25.7. The topological polar surface area (TPSA) is 43.4 Å². The van der Waals surface area contributed by atoms with Gasteiger partial charge in [-0.1, -0.05) is 31.9 Å². The number of hydrogen-bond donors (Lipinski definition) is 0. The summed E-state index contributed by atoms with van der Waals surface area (Å²) >= 11 is 0. The van der Waals surface area contributed by atoms with Gasteiger partial charge in [-0.15, -0.1) is 0 Å². The van der Waals surface area contributed by atoms with Crippen LogP contribution in [-0.2, 0) is 14.0 Å². The van der Waals surface area contributed by atoms with Gasteiger partial charge in [-0.05, 0) is 87.1 Å². The molecule has 0 N–H and O–H groups in total. The lowest BCUT2D eigenvalue weighted by molar-refractivity contribution is -0.138. The first-order chi connectivity index (χ1) is 14.0. The first kappa shape index (κ1) is 22.5. The molecule has 4 aliphatic carbocycles. The molecule has 167 valence electrons. The Kier molecular flexibility index (Phi) is 5.75. The van der Waals surface area contributed by atoms with E-state index in [9.17, 15) is 9.59 Å². The highest BCUT2D eigenvalue weighted by Crippen LogP contribution is 2.67. The predicted molar refractivity (Wildman–Crippen MR) is 122 cm³/mol. The maximum atomic E-state index is 13.2. The number of carbonyl (C=O) groups is 2. The molecule has 0 aromatic carbocycles. The summed E-state index contributed by atoms with van der Waals surface area (Å²) in [6.07, 6.45) is 8.63. The van der Waals surface area contributed by atoms with Gasteiger partial charge in [-0.25, -0.2) is 0 Å². The van der Waals surface area contributed by atoms with E-state index in [0.29, 0.717) is 42.3 Å². The Morgan fingerprint density at radius 3 is 2.40 bits per heavy atom. The molecule has 30 heavy (non-hydrogen) atoms. The maximum Gasteiger partial charge on any atom is 0.204 e. The fraction of sp³-hybridized carbons (Fsp3) is 0.846. The van der Waals surface area contributed by atoms with Crippen molar-refractivity contribution in [2.75, 3.05) is 6.61 Å². The van der Waals surface area contributed by atoms with E-state index >= 15 is 0 Å².